The van der Waals surface area contributed by atoms with Gasteiger partial charge in [-0.1, -0.05) is 11.3 Å². The molecule has 0 atom stereocenters. The molecule has 112 valence electrons. The van der Waals surface area contributed by atoms with Gasteiger partial charge in [-0.25, -0.2) is 9.78 Å². The Hall–Kier alpha value is -1.68. The van der Waals surface area contributed by atoms with Gasteiger partial charge in [0, 0.05) is 5.69 Å². The number of alkyl halides is 3. The predicted molar refractivity (Wildman–Crippen MR) is 69.7 cm³/mol. The van der Waals surface area contributed by atoms with Crippen molar-refractivity contribution in [3.05, 3.63) is 27.9 Å². The van der Waals surface area contributed by atoms with E-state index in [1.165, 1.54) is 0 Å². The molecule has 0 aliphatic heterocycles. The second kappa shape index (κ2) is 5.60. The van der Waals surface area contributed by atoms with Gasteiger partial charge in [-0.05, 0) is 37.2 Å². The normalized spacial score (nSPS) is 11.7. The Bertz CT molecular complexity index is 701. The number of carbonyl (C=O) groups is 1. The van der Waals surface area contributed by atoms with Gasteiger partial charge in [0.25, 0.3) is 0 Å². The number of carboxylic acid groups (broad SMARTS) is 1. The maximum Gasteiger partial charge on any atom is 0.445 e. The van der Waals surface area contributed by atoms with E-state index in [1.54, 1.807) is 19.9 Å². The standard InChI is InChI=1S/C11H8F3N3O2S2/c1-4-3-5(2)15-7(6(4)8(18)19)20-10-17-16-9(21-10)11(12,13)14/h3H,1-2H3,(H,18,19). The molecule has 0 unspecified atom stereocenters. The summed E-state index contributed by atoms with van der Waals surface area (Å²) in [5.74, 6) is -1.19. The van der Waals surface area contributed by atoms with Gasteiger partial charge >= 0.3 is 12.1 Å². The fraction of sp³-hybridized carbons (Fsp3) is 0.273. The van der Waals surface area contributed by atoms with Crippen molar-refractivity contribution in [1.29, 1.82) is 0 Å². The van der Waals surface area contributed by atoms with E-state index in [4.69, 9.17) is 0 Å². The van der Waals surface area contributed by atoms with E-state index < -0.39 is 17.2 Å². The molecule has 0 fully saturated rings. The van der Waals surface area contributed by atoms with E-state index in [1.807, 2.05) is 0 Å². The number of aromatic carboxylic acids is 1. The number of hydrogen-bond acceptors (Lipinski definition) is 6. The van der Waals surface area contributed by atoms with E-state index >= 15 is 0 Å². The molecule has 10 heteroatoms. The van der Waals surface area contributed by atoms with Crippen molar-refractivity contribution in [1.82, 2.24) is 15.2 Å². The third-order valence-electron chi connectivity index (χ3n) is 2.36. The summed E-state index contributed by atoms with van der Waals surface area (Å²) in [4.78, 5) is 15.3. The molecule has 2 heterocycles. The third kappa shape index (κ3) is 3.50. The third-order valence-corrected chi connectivity index (χ3v) is 4.37. The molecule has 0 aromatic carbocycles. The van der Waals surface area contributed by atoms with Crippen LogP contribution in [0, 0.1) is 13.8 Å². The van der Waals surface area contributed by atoms with Gasteiger partial charge in [0.2, 0.25) is 5.01 Å². The number of pyridine rings is 1. The first-order valence-corrected chi connectivity index (χ1v) is 7.12. The monoisotopic (exact) mass is 335 g/mol. The molecule has 5 nitrogen and oxygen atoms in total. The van der Waals surface area contributed by atoms with Gasteiger partial charge in [-0.2, -0.15) is 13.2 Å². The molecule has 2 aromatic rings. The summed E-state index contributed by atoms with van der Waals surface area (Å²) in [6, 6.07) is 1.59. The Kier molecular flexibility index (Phi) is 4.19. The molecule has 21 heavy (non-hydrogen) atoms. The van der Waals surface area contributed by atoms with E-state index in [-0.39, 0.29) is 14.9 Å². The number of aromatic nitrogens is 3. The summed E-state index contributed by atoms with van der Waals surface area (Å²) in [5, 5.41) is 14.7. The number of halogens is 3. The Morgan fingerprint density at radius 3 is 2.52 bits per heavy atom. The van der Waals surface area contributed by atoms with Crippen molar-refractivity contribution in [2.75, 3.05) is 0 Å². The number of hydrogen-bond donors (Lipinski definition) is 1. The molecule has 0 aliphatic carbocycles. The zero-order valence-electron chi connectivity index (χ0n) is 10.7. The summed E-state index contributed by atoms with van der Waals surface area (Å²) in [5.41, 5.74) is 1.01. The van der Waals surface area contributed by atoms with Crippen molar-refractivity contribution in [2.24, 2.45) is 0 Å². The van der Waals surface area contributed by atoms with Crippen LogP contribution < -0.4 is 0 Å². The van der Waals surface area contributed by atoms with Crippen molar-refractivity contribution in [3.63, 3.8) is 0 Å². The average molecular weight is 335 g/mol. The SMILES string of the molecule is Cc1cc(C)c(C(=O)O)c(Sc2nnc(C(F)(F)F)s2)n1. The van der Waals surface area contributed by atoms with Gasteiger partial charge in [0.15, 0.2) is 4.34 Å². The van der Waals surface area contributed by atoms with E-state index in [0.29, 0.717) is 22.6 Å². The lowest BCUT2D eigenvalue weighted by atomic mass is 10.1. The minimum absolute atomic E-state index is 0.0117. The van der Waals surface area contributed by atoms with Crippen LogP contribution in [0.5, 0.6) is 0 Å². The highest BCUT2D eigenvalue weighted by atomic mass is 32.2. The maximum absolute atomic E-state index is 12.5. The van der Waals surface area contributed by atoms with Crippen molar-refractivity contribution in [3.8, 4) is 0 Å². The van der Waals surface area contributed by atoms with Crippen LogP contribution in [0.4, 0.5) is 13.2 Å². The van der Waals surface area contributed by atoms with E-state index in [0.717, 1.165) is 11.8 Å². The Labute approximate surface area is 125 Å². The largest absolute Gasteiger partial charge is 0.478 e. The van der Waals surface area contributed by atoms with Gasteiger partial charge in [-0.3, -0.25) is 0 Å². The summed E-state index contributed by atoms with van der Waals surface area (Å²) in [6.07, 6.45) is -4.57. The first kappa shape index (κ1) is 15.7. The van der Waals surface area contributed by atoms with Crippen LogP contribution in [0.2, 0.25) is 0 Å². The Morgan fingerprint density at radius 1 is 1.33 bits per heavy atom. The van der Waals surface area contributed by atoms with Crippen molar-refractivity contribution >= 4 is 29.1 Å². The van der Waals surface area contributed by atoms with Crippen LogP contribution in [0.3, 0.4) is 0 Å². The minimum Gasteiger partial charge on any atom is -0.478 e. The second-order valence-electron chi connectivity index (χ2n) is 4.04. The molecular formula is C11H8F3N3O2S2. The molecular weight excluding hydrogens is 327 g/mol. The molecule has 0 spiro atoms. The highest BCUT2D eigenvalue weighted by Crippen LogP contribution is 2.37. The lowest BCUT2D eigenvalue weighted by molar-refractivity contribution is -0.138. The lowest BCUT2D eigenvalue weighted by Crippen LogP contribution is -2.05. The van der Waals surface area contributed by atoms with Crippen LogP contribution in [0.25, 0.3) is 0 Å². The molecule has 0 saturated carbocycles. The molecule has 0 radical (unpaired) electrons. The van der Waals surface area contributed by atoms with Crippen molar-refractivity contribution < 1.29 is 23.1 Å². The summed E-state index contributed by atoms with van der Waals surface area (Å²) in [6.45, 7) is 3.27. The molecule has 0 aliphatic rings. The molecule has 0 amide bonds. The minimum atomic E-state index is -4.57. The average Bonchev–Trinajstić information content (AvgIpc) is 2.75. The quantitative estimate of drug-likeness (QED) is 0.926. The maximum atomic E-state index is 12.5. The first-order chi connectivity index (χ1) is 9.68. The highest BCUT2D eigenvalue weighted by Gasteiger charge is 2.36. The summed E-state index contributed by atoms with van der Waals surface area (Å²) < 4.78 is 37.4. The van der Waals surface area contributed by atoms with Crippen LogP contribution in [0.15, 0.2) is 15.4 Å². The predicted octanol–water partition coefficient (Wildman–Crippen LogP) is 3.42. The van der Waals surface area contributed by atoms with E-state index in [2.05, 4.69) is 15.2 Å². The zero-order valence-corrected chi connectivity index (χ0v) is 12.4. The molecule has 0 bridgehead atoms. The number of aryl methyl sites for hydroxylation is 2. The molecule has 0 saturated heterocycles. The molecule has 2 aromatic heterocycles. The number of nitrogens with zero attached hydrogens (tertiary/aromatic N) is 3. The zero-order chi connectivity index (χ0) is 15.8. The van der Waals surface area contributed by atoms with Gasteiger partial charge < -0.3 is 5.11 Å². The van der Waals surface area contributed by atoms with Crippen LogP contribution >= 0.6 is 23.1 Å². The van der Waals surface area contributed by atoms with Gasteiger partial charge in [0.1, 0.15) is 5.03 Å². The summed E-state index contributed by atoms with van der Waals surface area (Å²) in [7, 11) is 0. The Balaban J connectivity index is 2.40. The van der Waals surface area contributed by atoms with E-state index in [9.17, 15) is 23.1 Å². The van der Waals surface area contributed by atoms with Crippen LogP contribution in [-0.4, -0.2) is 26.3 Å². The fourth-order valence-corrected chi connectivity index (χ4v) is 3.46. The smallest absolute Gasteiger partial charge is 0.445 e. The van der Waals surface area contributed by atoms with Crippen LogP contribution in [-0.2, 0) is 6.18 Å². The first-order valence-electron chi connectivity index (χ1n) is 5.48. The van der Waals surface area contributed by atoms with Gasteiger partial charge in [-0.15, -0.1) is 10.2 Å². The van der Waals surface area contributed by atoms with Crippen LogP contribution in [0.1, 0.15) is 26.6 Å². The fourth-order valence-electron chi connectivity index (χ4n) is 1.58. The van der Waals surface area contributed by atoms with Gasteiger partial charge in [0.05, 0.1) is 5.56 Å². The number of carboxylic acids is 1. The summed E-state index contributed by atoms with van der Waals surface area (Å²) >= 11 is 1.11. The topological polar surface area (TPSA) is 76.0 Å². The number of rotatable bonds is 3. The second-order valence-corrected chi connectivity index (χ2v) is 6.25. The lowest BCUT2D eigenvalue weighted by Gasteiger charge is -2.07. The highest BCUT2D eigenvalue weighted by molar-refractivity contribution is 8.01. The molecule has 2 rings (SSSR count). The molecule has 1 N–H and O–H groups in total. The van der Waals surface area contributed by atoms with Crippen molar-refractivity contribution in [2.45, 2.75) is 29.4 Å². The Morgan fingerprint density at radius 2 is 2.00 bits per heavy atom.